The fourth-order valence-electron chi connectivity index (χ4n) is 3.56. The van der Waals surface area contributed by atoms with Gasteiger partial charge in [-0.25, -0.2) is 5.43 Å². The van der Waals surface area contributed by atoms with Crippen molar-refractivity contribution >= 4 is 12.1 Å². The van der Waals surface area contributed by atoms with Crippen LogP contribution in [0, 0.1) is 13.8 Å². The van der Waals surface area contributed by atoms with Gasteiger partial charge in [-0.2, -0.15) is 5.10 Å². The van der Waals surface area contributed by atoms with Crippen molar-refractivity contribution in [1.29, 1.82) is 0 Å². The molecular weight excluding hydrogens is 428 g/mol. The van der Waals surface area contributed by atoms with E-state index in [2.05, 4.69) is 37.4 Å². The van der Waals surface area contributed by atoms with Crippen LogP contribution in [0.25, 0.3) is 0 Å². The summed E-state index contributed by atoms with van der Waals surface area (Å²) in [5.74, 6) is 1.99. The van der Waals surface area contributed by atoms with Crippen molar-refractivity contribution < 1.29 is 19.0 Å². The van der Waals surface area contributed by atoms with Crippen molar-refractivity contribution in [3.8, 4) is 17.2 Å². The van der Waals surface area contributed by atoms with Crippen LogP contribution in [-0.2, 0) is 11.4 Å². The van der Waals surface area contributed by atoms with E-state index in [1.165, 1.54) is 11.1 Å². The Bertz CT molecular complexity index is 1150. The van der Waals surface area contributed by atoms with Crippen molar-refractivity contribution in [2.24, 2.45) is 5.10 Å². The Morgan fingerprint density at radius 3 is 2.47 bits per heavy atom. The second-order valence-corrected chi connectivity index (χ2v) is 8.38. The summed E-state index contributed by atoms with van der Waals surface area (Å²) in [6.07, 6.45) is 1.55. The number of rotatable bonds is 10. The molecule has 0 aliphatic heterocycles. The van der Waals surface area contributed by atoms with Gasteiger partial charge in [0, 0.05) is 0 Å². The Labute approximate surface area is 201 Å². The molecule has 178 valence electrons. The molecule has 0 aromatic heterocycles. The third kappa shape index (κ3) is 6.85. The van der Waals surface area contributed by atoms with Crippen LogP contribution in [0.5, 0.6) is 17.2 Å². The van der Waals surface area contributed by atoms with E-state index in [9.17, 15) is 4.79 Å². The van der Waals surface area contributed by atoms with E-state index in [1.807, 2.05) is 55.5 Å². The van der Waals surface area contributed by atoms with Crippen LogP contribution in [0.4, 0.5) is 0 Å². The molecule has 1 amide bonds. The maximum absolute atomic E-state index is 12.1. The van der Waals surface area contributed by atoms with Gasteiger partial charge in [-0.05, 0) is 77.9 Å². The lowest BCUT2D eigenvalue weighted by Crippen LogP contribution is -2.24. The first-order valence-electron chi connectivity index (χ1n) is 11.3. The van der Waals surface area contributed by atoms with Crippen LogP contribution in [0.3, 0.4) is 0 Å². The second-order valence-electron chi connectivity index (χ2n) is 8.38. The number of aryl methyl sites for hydroxylation is 2. The molecule has 0 unspecified atom stereocenters. The van der Waals surface area contributed by atoms with Gasteiger partial charge in [-0.3, -0.25) is 4.79 Å². The van der Waals surface area contributed by atoms with E-state index in [0.29, 0.717) is 29.8 Å². The van der Waals surface area contributed by atoms with Gasteiger partial charge in [-0.15, -0.1) is 0 Å². The summed E-state index contributed by atoms with van der Waals surface area (Å²) in [6.45, 7) is 8.73. The number of nitrogens with one attached hydrogen (secondary N) is 1. The summed E-state index contributed by atoms with van der Waals surface area (Å²) in [5.41, 5.74) is 7.95. The third-order valence-electron chi connectivity index (χ3n) is 5.47. The van der Waals surface area contributed by atoms with Crippen molar-refractivity contribution in [1.82, 2.24) is 5.43 Å². The topological polar surface area (TPSA) is 69.2 Å². The van der Waals surface area contributed by atoms with E-state index >= 15 is 0 Å². The van der Waals surface area contributed by atoms with Crippen molar-refractivity contribution in [2.45, 2.75) is 40.2 Å². The molecular formula is C28H32N2O4. The number of carbonyl (C=O) groups is 1. The summed E-state index contributed by atoms with van der Waals surface area (Å²) >= 11 is 0. The lowest BCUT2D eigenvalue weighted by Gasteiger charge is -2.12. The molecule has 6 heteroatoms. The summed E-state index contributed by atoms with van der Waals surface area (Å²) in [4.78, 5) is 12.1. The molecule has 0 aliphatic rings. The molecule has 6 nitrogen and oxygen atoms in total. The third-order valence-corrected chi connectivity index (χ3v) is 5.47. The van der Waals surface area contributed by atoms with E-state index < -0.39 is 0 Å². The molecule has 34 heavy (non-hydrogen) atoms. The number of benzene rings is 3. The SMILES string of the molecule is COc1cc(/C=N/NC(=O)COc2ccc(C(C)C)c(C)c2)ccc1OCc1ccccc1C. The number of ether oxygens (including phenoxy) is 3. The van der Waals surface area contributed by atoms with Gasteiger partial charge in [0.25, 0.3) is 5.91 Å². The second kappa shape index (κ2) is 11.9. The van der Waals surface area contributed by atoms with Crippen LogP contribution in [0.2, 0.25) is 0 Å². The van der Waals surface area contributed by atoms with Crippen molar-refractivity contribution in [2.75, 3.05) is 13.7 Å². The molecule has 0 heterocycles. The lowest BCUT2D eigenvalue weighted by atomic mass is 9.98. The number of carbonyl (C=O) groups excluding carboxylic acids is 1. The fraction of sp³-hybridized carbons (Fsp3) is 0.286. The summed E-state index contributed by atoms with van der Waals surface area (Å²) < 4.78 is 17.0. The smallest absolute Gasteiger partial charge is 0.277 e. The highest BCUT2D eigenvalue weighted by molar-refractivity contribution is 5.83. The molecule has 0 spiro atoms. The molecule has 0 atom stereocenters. The van der Waals surface area contributed by atoms with Crippen molar-refractivity contribution in [3.63, 3.8) is 0 Å². The molecule has 3 aromatic rings. The van der Waals surface area contributed by atoms with Gasteiger partial charge in [0.1, 0.15) is 12.4 Å². The zero-order valence-electron chi connectivity index (χ0n) is 20.4. The Kier molecular flexibility index (Phi) is 8.68. The Morgan fingerprint density at radius 1 is 0.971 bits per heavy atom. The fourth-order valence-corrected chi connectivity index (χ4v) is 3.56. The minimum Gasteiger partial charge on any atom is -0.493 e. The van der Waals surface area contributed by atoms with Crippen LogP contribution in [0.15, 0.2) is 65.8 Å². The van der Waals surface area contributed by atoms with Gasteiger partial charge < -0.3 is 14.2 Å². The molecule has 3 rings (SSSR count). The molecule has 0 fully saturated rings. The predicted octanol–water partition coefficient (Wildman–Crippen LogP) is 5.54. The number of hydrazone groups is 1. The van der Waals surface area contributed by atoms with E-state index in [4.69, 9.17) is 14.2 Å². The van der Waals surface area contributed by atoms with Crippen LogP contribution >= 0.6 is 0 Å². The normalized spacial score (nSPS) is 11.0. The quantitative estimate of drug-likeness (QED) is 0.318. The molecule has 0 saturated heterocycles. The number of nitrogens with zero attached hydrogens (tertiary/aromatic N) is 1. The van der Waals surface area contributed by atoms with E-state index in [0.717, 1.165) is 16.7 Å². The highest BCUT2D eigenvalue weighted by atomic mass is 16.5. The predicted molar refractivity (Wildman–Crippen MR) is 135 cm³/mol. The summed E-state index contributed by atoms with van der Waals surface area (Å²) in [5, 5.41) is 4.02. The van der Waals surface area contributed by atoms with Gasteiger partial charge in [-0.1, -0.05) is 44.2 Å². The standard InChI is InChI=1S/C28H32N2O4/c1-19(2)25-12-11-24(14-21(25)4)33-18-28(31)30-29-16-22-10-13-26(27(15-22)32-5)34-17-23-9-7-6-8-20(23)3/h6-16,19H,17-18H2,1-5H3,(H,30,31)/b29-16+. The molecule has 0 aliphatic carbocycles. The van der Waals surface area contributed by atoms with Gasteiger partial charge in [0.2, 0.25) is 0 Å². The molecule has 0 radical (unpaired) electrons. The van der Waals surface area contributed by atoms with E-state index in [-0.39, 0.29) is 12.5 Å². The first-order chi connectivity index (χ1) is 16.4. The Balaban J connectivity index is 1.52. The minimum absolute atomic E-state index is 0.118. The van der Waals surface area contributed by atoms with Gasteiger partial charge in [0.15, 0.2) is 18.1 Å². The number of hydrogen-bond acceptors (Lipinski definition) is 5. The van der Waals surface area contributed by atoms with Gasteiger partial charge >= 0.3 is 0 Å². The zero-order chi connectivity index (χ0) is 24.5. The van der Waals surface area contributed by atoms with Gasteiger partial charge in [0.05, 0.1) is 13.3 Å². The lowest BCUT2D eigenvalue weighted by molar-refractivity contribution is -0.123. The molecule has 0 bridgehead atoms. The van der Waals surface area contributed by atoms with Crippen LogP contribution < -0.4 is 19.6 Å². The van der Waals surface area contributed by atoms with Crippen LogP contribution in [0.1, 0.15) is 47.6 Å². The highest BCUT2D eigenvalue weighted by Crippen LogP contribution is 2.28. The first-order valence-corrected chi connectivity index (χ1v) is 11.3. The zero-order valence-corrected chi connectivity index (χ0v) is 20.4. The molecule has 3 aromatic carbocycles. The van der Waals surface area contributed by atoms with Crippen molar-refractivity contribution in [3.05, 3.63) is 88.5 Å². The average Bonchev–Trinajstić information content (AvgIpc) is 2.82. The number of amides is 1. The minimum atomic E-state index is -0.341. The monoisotopic (exact) mass is 460 g/mol. The first kappa shape index (κ1) is 24.8. The summed E-state index contributed by atoms with van der Waals surface area (Å²) in [7, 11) is 1.59. The Hall–Kier alpha value is -3.80. The number of hydrogen-bond donors (Lipinski definition) is 1. The largest absolute Gasteiger partial charge is 0.493 e. The maximum atomic E-state index is 12.1. The highest BCUT2D eigenvalue weighted by Gasteiger charge is 2.08. The maximum Gasteiger partial charge on any atom is 0.277 e. The Morgan fingerprint density at radius 2 is 1.76 bits per heavy atom. The average molecular weight is 461 g/mol. The molecule has 0 saturated carbocycles. The van der Waals surface area contributed by atoms with E-state index in [1.54, 1.807) is 19.4 Å². The molecule has 1 N–H and O–H groups in total. The van der Waals surface area contributed by atoms with Crippen LogP contribution in [-0.4, -0.2) is 25.8 Å². The summed E-state index contributed by atoms with van der Waals surface area (Å²) in [6, 6.07) is 19.4. The number of methoxy groups -OCH3 is 1.